The average molecular weight is 385 g/mol. The predicted octanol–water partition coefficient (Wildman–Crippen LogP) is 4.57. The third kappa shape index (κ3) is 4.24. The van der Waals surface area contributed by atoms with Gasteiger partial charge in [-0.25, -0.2) is 0 Å². The molecule has 1 aliphatic rings. The molecule has 0 saturated heterocycles. The van der Waals surface area contributed by atoms with Gasteiger partial charge in [0.25, 0.3) is 5.91 Å². The number of amides is 2. The van der Waals surface area contributed by atoms with Crippen molar-refractivity contribution >= 4 is 28.2 Å². The Hall–Kier alpha value is -2.14. The van der Waals surface area contributed by atoms with Crippen molar-refractivity contribution in [3.63, 3.8) is 0 Å². The minimum Gasteiger partial charge on any atom is -0.365 e. The molecule has 1 aliphatic carbocycles. The summed E-state index contributed by atoms with van der Waals surface area (Å²) in [6.45, 7) is 6.86. The number of nitrogens with one attached hydrogen (secondary N) is 1. The minimum atomic E-state index is -0.448. The van der Waals surface area contributed by atoms with Gasteiger partial charge in [0.2, 0.25) is 5.91 Å². The van der Waals surface area contributed by atoms with Gasteiger partial charge >= 0.3 is 0 Å². The highest BCUT2D eigenvalue weighted by Crippen LogP contribution is 2.45. The first-order valence-corrected chi connectivity index (χ1v) is 10.4. The van der Waals surface area contributed by atoms with Crippen LogP contribution in [0.5, 0.6) is 0 Å². The molecule has 27 heavy (non-hydrogen) atoms. The van der Waals surface area contributed by atoms with Crippen LogP contribution < -0.4 is 11.1 Å². The molecule has 3 rings (SSSR count). The van der Waals surface area contributed by atoms with Crippen LogP contribution >= 0.6 is 11.3 Å². The van der Waals surface area contributed by atoms with E-state index in [-0.39, 0.29) is 17.7 Å². The lowest BCUT2D eigenvalue weighted by Crippen LogP contribution is -2.29. The predicted molar refractivity (Wildman–Crippen MR) is 111 cm³/mol. The summed E-state index contributed by atoms with van der Waals surface area (Å²) in [6.07, 6.45) is 4.28. The average Bonchev–Trinajstić information content (AvgIpc) is 2.99. The zero-order chi connectivity index (χ0) is 19.6. The molecule has 0 radical (unpaired) electrons. The fourth-order valence-corrected chi connectivity index (χ4v) is 5.19. The molecule has 0 bridgehead atoms. The first-order valence-electron chi connectivity index (χ1n) is 9.60. The van der Waals surface area contributed by atoms with E-state index in [0.29, 0.717) is 16.5 Å². The molecule has 5 heteroatoms. The molecule has 1 unspecified atom stereocenters. The van der Waals surface area contributed by atoms with E-state index < -0.39 is 5.91 Å². The molecular weight excluding hydrogens is 356 g/mol. The highest BCUT2D eigenvalue weighted by molar-refractivity contribution is 7.17. The molecule has 0 spiro atoms. The first-order chi connectivity index (χ1) is 12.8. The summed E-state index contributed by atoms with van der Waals surface area (Å²) < 4.78 is 0. The molecule has 0 aliphatic heterocycles. The number of thiophene rings is 1. The second-order valence-corrected chi connectivity index (χ2v) is 9.17. The van der Waals surface area contributed by atoms with Gasteiger partial charge in [0.1, 0.15) is 5.00 Å². The number of nitrogens with two attached hydrogens (primary N) is 1. The number of benzene rings is 1. The summed E-state index contributed by atoms with van der Waals surface area (Å²) >= 11 is 1.53. The van der Waals surface area contributed by atoms with Crippen LogP contribution in [0.2, 0.25) is 0 Å². The third-order valence-corrected chi connectivity index (χ3v) is 7.16. The molecule has 144 valence electrons. The van der Waals surface area contributed by atoms with Crippen LogP contribution in [-0.2, 0) is 24.1 Å². The summed E-state index contributed by atoms with van der Waals surface area (Å²) in [4.78, 5) is 25.8. The first kappa shape index (κ1) is 19.6. The van der Waals surface area contributed by atoms with Gasteiger partial charge in [-0.2, -0.15) is 0 Å². The Morgan fingerprint density at radius 2 is 1.96 bits per heavy atom. The summed E-state index contributed by atoms with van der Waals surface area (Å²) in [7, 11) is 0. The van der Waals surface area contributed by atoms with E-state index in [0.717, 1.165) is 36.8 Å². The van der Waals surface area contributed by atoms with Gasteiger partial charge in [0, 0.05) is 4.88 Å². The van der Waals surface area contributed by atoms with Gasteiger partial charge in [-0.15, -0.1) is 11.3 Å². The molecule has 2 aromatic rings. The van der Waals surface area contributed by atoms with Crippen molar-refractivity contribution in [2.24, 2.45) is 17.1 Å². The Bertz CT molecular complexity index is 839. The lowest BCUT2D eigenvalue weighted by Gasteiger charge is -2.36. The molecular formula is C22H28N2O2S. The molecule has 1 heterocycles. The fourth-order valence-electron chi connectivity index (χ4n) is 3.84. The van der Waals surface area contributed by atoms with E-state index in [4.69, 9.17) is 5.73 Å². The maximum atomic E-state index is 12.5. The van der Waals surface area contributed by atoms with Crippen molar-refractivity contribution in [1.29, 1.82) is 0 Å². The molecule has 4 nitrogen and oxygen atoms in total. The second kappa shape index (κ2) is 7.85. The van der Waals surface area contributed by atoms with Crippen LogP contribution in [0.1, 0.15) is 60.0 Å². The molecule has 1 aromatic carbocycles. The van der Waals surface area contributed by atoms with Crippen LogP contribution in [-0.4, -0.2) is 11.8 Å². The van der Waals surface area contributed by atoms with E-state index in [2.05, 4.69) is 26.1 Å². The van der Waals surface area contributed by atoms with Crippen LogP contribution in [0.4, 0.5) is 5.00 Å². The van der Waals surface area contributed by atoms with Gasteiger partial charge in [0.15, 0.2) is 0 Å². The number of fused-ring (bicyclic) bond motifs is 1. The van der Waals surface area contributed by atoms with Crippen molar-refractivity contribution in [2.45, 2.75) is 52.9 Å². The van der Waals surface area contributed by atoms with Gasteiger partial charge in [0.05, 0.1) is 12.0 Å². The number of hydrogen-bond acceptors (Lipinski definition) is 3. The zero-order valence-corrected chi connectivity index (χ0v) is 17.1. The number of hydrogen-bond donors (Lipinski definition) is 2. The minimum absolute atomic E-state index is 0.118. The van der Waals surface area contributed by atoms with Gasteiger partial charge in [-0.05, 0) is 41.7 Å². The zero-order valence-electron chi connectivity index (χ0n) is 16.3. The monoisotopic (exact) mass is 384 g/mol. The van der Waals surface area contributed by atoms with Gasteiger partial charge in [-0.3, -0.25) is 9.59 Å². The summed E-state index contributed by atoms with van der Waals surface area (Å²) in [5.74, 6) is 0.0192. The largest absolute Gasteiger partial charge is 0.365 e. The molecule has 2 amide bonds. The molecule has 0 saturated carbocycles. The Kier molecular flexibility index (Phi) is 5.70. The number of rotatable bonds is 6. The topological polar surface area (TPSA) is 72.2 Å². The number of carbonyl (C=O) groups excluding carboxylic acids is 2. The van der Waals surface area contributed by atoms with Gasteiger partial charge in [-0.1, -0.05) is 57.5 Å². The van der Waals surface area contributed by atoms with E-state index in [1.54, 1.807) is 0 Å². The van der Waals surface area contributed by atoms with Crippen LogP contribution in [0.15, 0.2) is 30.3 Å². The Balaban J connectivity index is 1.82. The summed E-state index contributed by atoms with van der Waals surface area (Å²) in [6, 6.07) is 9.60. The molecule has 3 N–H and O–H groups in total. The third-order valence-electron chi connectivity index (χ3n) is 5.99. The quantitative estimate of drug-likeness (QED) is 0.766. The van der Waals surface area contributed by atoms with Crippen molar-refractivity contribution < 1.29 is 9.59 Å². The smallest absolute Gasteiger partial charge is 0.251 e. The van der Waals surface area contributed by atoms with Crippen molar-refractivity contribution in [3.8, 4) is 0 Å². The Labute approximate surface area is 165 Å². The number of carbonyl (C=O) groups is 2. The molecule has 1 atom stereocenters. The van der Waals surface area contributed by atoms with Crippen LogP contribution in [0.3, 0.4) is 0 Å². The van der Waals surface area contributed by atoms with Crippen LogP contribution in [0, 0.1) is 11.3 Å². The Morgan fingerprint density at radius 3 is 2.59 bits per heavy atom. The van der Waals surface area contributed by atoms with Gasteiger partial charge < -0.3 is 11.1 Å². The number of anilines is 1. The highest BCUT2D eigenvalue weighted by atomic mass is 32.1. The van der Waals surface area contributed by atoms with Crippen molar-refractivity contribution in [3.05, 3.63) is 51.9 Å². The molecule has 1 aromatic heterocycles. The lowest BCUT2D eigenvalue weighted by atomic mass is 9.69. The van der Waals surface area contributed by atoms with Crippen LogP contribution in [0.25, 0.3) is 0 Å². The SMILES string of the molecule is CCC(C)(C)C1CCc2c(sc(NC(=O)Cc3ccccc3)c2C(N)=O)C1. The molecule has 0 fully saturated rings. The fraction of sp³-hybridized carbons (Fsp3) is 0.455. The highest BCUT2D eigenvalue weighted by Gasteiger charge is 2.34. The van der Waals surface area contributed by atoms with E-state index >= 15 is 0 Å². The Morgan fingerprint density at radius 1 is 1.26 bits per heavy atom. The van der Waals surface area contributed by atoms with Crippen molar-refractivity contribution in [2.75, 3.05) is 5.32 Å². The second-order valence-electron chi connectivity index (χ2n) is 8.06. The van der Waals surface area contributed by atoms with E-state index in [1.807, 2.05) is 30.3 Å². The van der Waals surface area contributed by atoms with E-state index in [1.165, 1.54) is 16.2 Å². The normalized spacial score (nSPS) is 16.6. The lowest BCUT2D eigenvalue weighted by molar-refractivity contribution is -0.115. The van der Waals surface area contributed by atoms with Crippen molar-refractivity contribution in [1.82, 2.24) is 0 Å². The standard InChI is InChI=1S/C22H28N2O2S/c1-4-22(2,3)15-10-11-16-17(13-15)27-21(19(16)20(23)26)24-18(25)12-14-8-6-5-7-9-14/h5-9,15H,4,10-13H2,1-3H3,(H2,23,26)(H,24,25). The number of primary amides is 1. The maximum absolute atomic E-state index is 12.5. The summed E-state index contributed by atoms with van der Waals surface area (Å²) in [5.41, 5.74) is 8.45. The maximum Gasteiger partial charge on any atom is 0.251 e. The van der Waals surface area contributed by atoms with E-state index in [9.17, 15) is 9.59 Å². The summed E-state index contributed by atoms with van der Waals surface area (Å²) in [5, 5.41) is 3.56.